The van der Waals surface area contributed by atoms with Crippen LogP contribution in [0.5, 0.6) is 0 Å². The second-order valence-corrected chi connectivity index (χ2v) is 7.17. The summed E-state index contributed by atoms with van der Waals surface area (Å²) < 4.78 is 75.0. The standard InChI is InChI=1S/C9H8Br2F4N2O2S/c10-4-1-5(11)7(6(16)2-4)20(18,19)17-3-9(14,15)8(12)13/h1-2,8,17H,3,16H2. The minimum absolute atomic E-state index is 0.0113. The molecule has 0 heterocycles. The minimum atomic E-state index is -4.47. The van der Waals surface area contributed by atoms with Crippen LogP contribution in [0.15, 0.2) is 26.0 Å². The molecule has 4 nitrogen and oxygen atoms in total. The van der Waals surface area contributed by atoms with Crippen LogP contribution in [0.4, 0.5) is 23.2 Å². The van der Waals surface area contributed by atoms with Crippen LogP contribution < -0.4 is 10.5 Å². The lowest BCUT2D eigenvalue weighted by Gasteiger charge is -2.17. The van der Waals surface area contributed by atoms with E-state index in [-0.39, 0.29) is 10.2 Å². The van der Waals surface area contributed by atoms with Crippen molar-refractivity contribution in [1.29, 1.82) is 0 Å². The van der Waals surface area contributed by atoms with Crippen molar-refractivity contribution in [3.8, 4) is 0 Å². The highest BCUT2D eigenvalue weighted by Crippen LogP contribution is 2.32. The van der Waals surface area contributed by atoms with Crippen molar-refractivity contribution in [1.82, 2.24) is 4.72 Å². The van der Waals surface area contributed by atoms with Gasteiger partial charge in [0.25, 0.3) is 0 Å². The molecule has 0 bridgehead atoms. The van der Waals surface area contributed by atoms with Gasteiger partial charge >= 0.3 is 12.3 Å². The largest absolute Gasteiger partial charge is 0.398 e. The normalized spacial score (nSPS) is 12.9. The number of benzene rings is 1. The van der Waals surface area contributed by atoms with Crippen LogP contribution >= 0.6 is 31.9 Å². The maximum absolute atomic E-state index is 12.7. The van der Waals surface area contributed by atoms with Crippen LogP contribution in [0.25, 0.3) is 0 Å². The first kappa shape index (κ1) is 17.7. The molecule has 0 aliphatic rings. The van der Waals surface area contributed by atoms with E-state index in [2.05, 4.69) is 31.9 Å². The number of alkyl halides is 4. The Morgan fingerprint density at radius 2 is 1.85 bits per heavy atom. The van der Waals surface area contributed by atoms with Crippen molar-refractivity contribution in [2.75, 3.05) is 12.3 Å². The van der Waals surface area contributed by atoms with E-state index in [1.165, 1.54) is 16.9 Å². The van der Waals surface area contributed by atoms with E-state index in [0.29, 0.717) is 4.47 Å². The maximum Gasteiger partial charge on any atom is 0.320 e. The average Bonchev–Trinajstić information content (AvgIpc) is 2.24. The van der Waals surface area contributed by atoms with Gasteiger partial charge in [-0.05, 0) is 28.1 Å². The Balaban J connectivity index is 3.08. The first-order valence-electron chi connectivity index (χ1n) is 4.87. The number of nitrogen functional groups attached to an aromatic ring is 1. The highest BCUT2D eigenvalue weighted by atomic mass is 79.9. The summed E-state index contributed by atoms with van der Waals surface area (Å²) in [4.78, 5) is -0.495. The fraction of sp³-hybridized carbons (Fsp3) is 0.333. The van der Waals surface area contributed by atoms with E-state index in [9.17, 15) is 26.0 Å². The molecular formula is C9H8Br2F4N2O2S. The zero-order chi connectivity index (χ0) is 15.7. The molecule has 1 aromatic rings. The Morgan fingerprint density at radius 1 is 1.30 bits per heavy atom. The van der Waals surface area contributed by atoms with E-state index in [1.807, 2.05) is 0 Å². The highest BCUT2D eigenvalue weighted by molar-refractivity contribution is 9.11. The van der Waals surface area contributed by atoms with Crippen LogP contribution in [0.1, 0.15) is 0 Å². The van der Waals surface area contributed by atoms with Gasteiger partial charge in [-0.2, -0.15) is 8.78 Å². The molecule has 20 heavy (non-hydrogen) atoms. The molecule has 1 rings (SSSR count). The third-order valence-electron chi connectivity index (χ3n) is 2.12. The van der Waals surface area contributed by atoms with Crippen molar-refractivity contribution in [2.24, 2.45) is 0 Å². The lowest BCUT2D eigenvalue weighted by atomic mass is 10.3. The van der Waals surface area contributed by atoms with E-state index < -0.39 is 33.8 Å². The Kier molecular flexibility index (Phi) is 5.44. The molecule has 0 saturated carbocycles. The van der Waals surface area contributed by atoms with E-state index in [0.717, 1.165) is 0 Å². The quantitative estimate of drug-likeness (QED) is 0.542. The fourth-order valence-corrected chi connectivity index (χ4v) is 4.31. The summed E-state index contributed by atoms with van der Waals surface area (Å²) in [6.45, 7) is -1.73. The molecule has 0 fully saturated rings. The van der Waals surface area contributed by atoms with Crippen molar-refractivity contribution < 1.29 is 26.0 Å². The van der Waals surface area contributed by atoms with Gasteiger partial charge in [-0.3, -0.25) is 0 Å². The second kappa shape index (κ2) is 6.16. The number of anilines is 1. The van der Waals surface area contributed by atoms with Crippen LogP contribution in [-0.4, -0.2) is 27.3 Å². The van der Waals surface area contributed by atoms with Crippen molar-refractivity contribution in [3.05, 3.63) is 21.1 Å². The van der Waals surface area contributed by atoms with Gasteiger partial charge in [-0.15, -0.1) is 0 Å². The molecule has 0 spiro atoms. The topological polar surface area (TPSA) is 72.2 Å². The zero-order valence-corrected chi connectivity index (χ0v) is 13.5. The number of nitrogens with two attached hydrogens (primary N) is 1. The smallest absolute Gasteiger partial charge is 0.320 e. The molecule has 0 atom stereocenters. The van der Waals surface area contributed by atoms with E-state index >= 15 is 0 Å². The van der Waals surface area contributed by atoms with Gasteiger partial charge < -0.3 is 5.73 Å². The monoisotopic (exact) mass is 442 g/mol. The van der Waals surface area contributed by atoms with E-state index in [4.69, 9.17) is 5.73 Å². The summed E-state index contributed by atoms with van der Waals surface area (Å²) in [6.07, 6.45) is -3.98. The third-order valence-corrected chi connectivity index (χ3v) is 4.99. The summed E-state index contributed by atoms with van der Waals surface area (Å²) in [5.74, 6) is -4.47. The van der Waals surface area contributed by atoms with Gasteiger partial charge in [0.1, 0.15) is 4.90 Å². The highest BCUT2D eigenvalue weighted by Gasteiger charge is 2.42. The second-order valence-electron chi connectivity index (χ2n) is 3.69. The molecule has 0 aliphatic heterocycles. The van der Waals surface area contributed by atoms with Gasteiger partial charge in [0.15, 0.2) is 0 Å². The van der Waals surface area contributed by atoms with Gasteiger partial charge in [0.05, 0.1) is 12.2 Å². The molecule has 114 valence electrons. The predicted octanol–water partition coefficient (Wildman–Crippen LogP) is 2.97. The maximum atomic E-state index is 12.7. The SMILES string of the molecule is Nc1cc(Br)cc(Br)c1S(=O)(=O)NCC(F)(F)C(F)F. The van der Waals surface area contributed by atoms with Gasteiger partial charge in [-0.25, -0.2) is 21.9 Å². The lowest BCUT2D eigenvalue weighted by Crippen LogP contribution is -2.41. The molecule has 0 aliphatic carbocycles. The van der Waals surface area contributed by atoms with Crippen LogP contribution in [0, 0.1) is 0 Å². The summed E-state index contributed by atoms with van der Waals surface area (Å²) in [7, 11) is -4.46. The van der Waals surface area contributed by atoms with Crippen LogP contribution in [0.3, 0.4) is 0 Å². The summed E-state index contributed by atoms with van der Waals surface area (Å²) in [5.41, 5.74) is 5.27. The number of hydrogen-bond donors (Lipinski definition) is 2. The third kappa shape index (κ3) is 4.06. The molecule has 0 saturated heterocycles. The summed E-state index contributed by atoms with van der Waals surface area (Å²) >= 11 is 5.98. The molecule has 0 amide bonds. The van der Waals surface area contributed by atoms with Crippen molar-refractivity contribution >= 4 is 47.6 Å². The number of nitrogens with one attached hydrogen (secondary N) is 1. The van der Waals surface area contributed by atoms with Crippen LogP contribution in [0.2, 0.25) is 0 Å². The molecular weight excluding hydrogens is 436 g/mol. The first-order chi connectivity index (χ1) is 8.97. The Labute approximate surface area is 129 Å². The molecule has 0 unspecified atom stereocenters. The fourth-order valence-electron chi connectivity index (χ4n) is 1.20. The van der Waals surface area contributed by atoms with Crippen molar-refractivity contribution in [2.45, 2.75) is 17.2 Å². The molecule has 3 N–H and O–H groups in total. The lowest BCUT2D eigenvalue weighted by molar-refractivity contribution is -0.122. The Bertz CT molecular complexity index is 587. The molecule has 0 aromatic heterocycles. The molecule has 0 radical (unpaired) electrons. The van der Waals surface area contributed by atoms with Crippen molar-refractivity contribution in [3.63, 3.8) is 0 Å². The van der Waals surface area contributed by atoms with Crippen LogP contribution in [-0.2, 0) is 10.0 Å². The number of hydrogen-bond acceptors (Lipinski definition) is 3. The number of halogens is 6. The molecule has 11 heteroatoms. The summed E-state index contributed by atoms with van der Waals surface area (Å²) in [5, 5.41) is 0. The number of sulfonamides is 1. The Morgan fingerprint density at radius 3 is 2.30 bits per heavy atom. The minimum Gasteiger partial charge on any atom is -0.398 e. The zero-order valence-electron chi connectivity index (χ0n) is 9.51. The summed E-state index contributed by atoms with van der Waals surface area (Å²) in [6, 6.07) is 2.57. The Hall–Kier alpha value is -0.390. The predicted molar refractivity (Wildman–Crippen MR) is 72.4 cm³/mol. The first-order valence-corrected chi connectivity index (χ1v) is 7.94. The van der Waals surface area contributed by atoms with Gasteiger partial charge in [0.2, 0.25) is 10.0 Å². The van der Waals surface area contributed by atoms with E-state index in [1.54, 1.807) is 0 Å². The average molecular weight is 444 g/mol. The molecule has 1 aromatic carbocycles. The number of rotatable bonds is 5. The van der Waals surface area contributed by atoms with Gasteiger partial charge in [0, 0.05) is 8.95 Å². The van der Waals surface area contributed by atoms with Gasteiger partial charge in [-0.1, -0.05) is 15.9 Å².